The SMILES string of the molecule is COCCN1CCN(C2=NC(c3ccc(C(=O)O)cc3)CS2)CC1. The molecule has 24 heavy (non-hydrogen) atoms. The van der Waals surface area contributed by atoms with Crippen molar-refractivity contribution >= 4 is 22.9 Å². The van der Waals surface area contributed by atoms with Crippen LogP contribution in [0.2, 0.25) is 0 Å². The van der Waals surface area contributed by atoms with Crippen LogP contribution in [0.15, 0.2) is 29.3 Å². The molecule has 1 fully saturated rings. The van der Waals surface area contributed by atoms with Crippen LogP contribution in [0.5, 0.6) is 0 Å². The zero-order valence-electron chi connectivity index (χ0n) is 13.9. The van der Waals surface area contributed by atoms with Crippen molar-refractivity contribution in [1.82, 2.24) is 9.80 Å². The Balaban J connectivity index is 1.57. The van der Waals surface area contributed by atoms with Crippen molar-refractivity contribution in [2.75, 3.05) is 52.2 Å². The Kier molecular flexibility index (Phi) is 5.76. The van der Waals surface area contributed by atoms with Crippen molar-refractivity contribution in [2.45, 2.75) is 6.04 Å². The maximum Gasteiger partial charge on any atom is 0.335 e. The van der Waals surface area contributed by atoms with Crippen LogP contribution in [0.3, 0.4) is 0 Å². The van der Waals surface area contributed by atoms with E-state index in [-0.39, 0.29) is 6.04 Å². The van der Waals surface area contributed by atoms with Crippen LogP contribution in [0, 0.1) is 0 Å². The third-order valence-electron chi connectivity index (χ3n) is 4.43. The van der Waals surface area contributed by atoms with E-state index in [4.69, 9.17) is 14.8 Å². The predicted molar refractivity (Wildman–Crippen MR) is 95.9 cm³/mol. The van der Waals surface area contributed by atoms with Crippen LogP contribution < -0.4 is 0 Å². The zero-order valence-corrected chi connectivity index (χ0v) is 14.7. The van der Waals surface area contributed by atoms with Gasteiger partial charge in [-0.05, 0) is 17.7 Å². The number of carboxylic acid groups (broad SMARTS) is 1. The number of thioether (sulfide) groups is 1. The van der Waals surface area contributed by atoms with Crippen molar-refractivity contribution in [3.8, 4) is 0 Å². The Bertz CT molecular complexity index is 598. The normalized spacial score (nSPS) is 21.8. The fourth-order valence-electron chi connectivity index (χ4n) is 2.94. The first-order chi connectivity index (χ1) is 11.7. The highest BCUT2D eigenvalue weighted by Crippen LogP contribution is 2.32. The van der Waals surface area contributed by atoms with Crippen LogP contribution in [0.4, 0.5) is 0 Å². The molecule has 0 aliphatic carbocycles. The van der Waals surface area contributed by atoms with E-state index >= 15 is 0 Å². The van der Waals surface area contributed by atoms with Gasteiger partial charge >= 0.3 is 5.97 Å². The van der Waals surface area contributed by atoms with Crippen molar-refractivity contribution in [3.63, 3.8) is 0 Å². The number of aromatic carboxylic acids is 1. The van der Waals surface area contributed by atoms with Gasteiger partial charge in [0.25, 0.3) is 0 Å². The lowest BCUT2D eigenvalue weighted by atomic mass is 10.1. The Labute approximate surface area is 146 Å². The lowest BCUT2D eigenvalue weighted by Gasteiger charge is -2.35. The fourth-order valence-corrected chi connectivity index (χ4v) is 4.08. The number of nitrogens with zero attached hydrogens (tertiary/aromatic N) is 3. The third kappa shape index (κ3) is 4.09. The second kappa shape index (κ2) is 8.00. The molecule has 1 atom stereocenters. The number of aliphatic imine (C=N–C) groups is 1. The smallest absolute Gasteiger partial charge is 0.335 e. The minimum atomic E-state index is -0.891. The Hall–Kier alpha value is -1.57. The average molecular weight is 349 g/mol. The zero-order chi connectivity index (χ0) is 16.9. The van der Waals surface area contributed by atoms with E-state index in [1.54, 1.807) is 31.0 Å². The highest BCUT2D eigenvalue weighted by atomic mass is 32.2. The summed E-state index contributed by atoms with van der Waals surface area (Å²) in [6, 6.07) is 7.20. The number of piperazine rings is 1. The Morgan fingerprint density at radius 2 is 2.00 bits per heavy atom. The first-order valence-electron chi connectivity index (χ1n) is 8.17. The van der Waals surface area contributed by atoms with E-state index in [0.717, 1.165) is 55.8 Å². The van der Waals surface area contributed by atoms with E-state index in [1.165, 1.54) is 0 Å². The van der Waals surface area contributed by atoms with Gasteiger partial charge in [0.15, 0.2) is 5.17 Å². The molecular weight excluding hydrogens is 326 g/mol. The number of hydrogen-bond acceptors (Lipinski definition) is 6. The molecule has 1 unspecified atom stereocenters. The number of carboxylic acids is 1. The summed E-state index contributed by atoms with van der Waals surface area (Å²) >= 11 is 1.80. The summed E-state index contributed by atoms with van der Waals surface area (Å²) in [6.45, 7) is 5.86. The molecule has 1 N–H and O–H groups in total. The minimum Gasteiger partial charge on any atom is -0.478 e. The first kappa shape index (κ1) is 17.3. The van der Waals surface area contributed by atoms with E-state index in [1.807, 2.05) is 12.1 Å². The summed E-state index contributed by atoms with van der Waals surface area (Å²) in [5.41, 5.74) is 1.40. The molecule has 2 aliphatic rings. The second-order valence-electron chi connectivity index (χ2n) is 5.99. The Morgan fingerprint density at radius 1 is 1.29 bits per heavy atom. The van der Waals surface area contributed by atoms with Gasteiger partial charge in [0, 0.05) is 45.6 Å². The molecule has 7 heteroatoms. The molecule has 0 aromatic heterocycles. The van der Waals surface area contributed by atoms with Gasteiger partial charge in [-0.2, -0.15) is 0 Å². The molecule has 3 rings (SSSR count). The number of carbonyl (C=O) groups is 1. The maximum absolute atomic E-state index is 10.9. The largest absolute Gasteiger partial charge is 0.478 e. The number of methoxy groups -OCH3 is 1. The van der Waals surface area contributed by atoms with Gasteiger partial charge in [0.2, 0.25) is 0 Å². The molecule has 130 valence electrons. The highest BCUT2D eigenvalue weighted by molar-refractivity contribution is 8.14. The van der Waals surface area contributed by atoms with Crippen LogP contribution in [0.1, 0.15) is 22.0 Å². The molecule has 1 saturated heterocycles. The molecule has 2 heterocycles. The van der Waals surface area contributed by atoms with Crippen LogP contribution in [-0.4, -0.2) is 78.2 Å². The van der Waals surface area contributed by atoms with Crippen molar-refractivity contribution < 1.29 is 14.6 Å². The van der Waals surface area contributed by atoms with Crippen molar-refractivity contribution in [1.29, 1.82) is 0 Å². The highest BCUT2D eigenvalue weighted by Gasteiger charge is 2.26. The van der Waals surface area contributed by atoms with Crippen molar-refractivity contribution in [3.05, 3.63) is 35.4 Å². The molecule has 1 aromatic carbocycles. The summed E-state index contributed by atoms with van der Waals surface area (Å²) < 4.78 is 5.14. The standard InChI is InChI=1S/C17H23N3O3S/c1-23-11-10-19-6-8-20(9-7-19)17-18-15(12-24-17)13-2-4-14(5-3-13)16(21)22/h2-5,15H,6-12H2,1H3,(H,21,22). The van der Waals surface area contributed by atoms with E-state index in [9.17, 15) is 4.79 Å². The molecule has 0 radical (unpaired) electrons. The maximum atomic E-state index is 10.9. The van der Waals surface area contributed by atoms with Gasteiger partial charge in [-0.15, -0.1) is 0 Å². The van der Waals surface area contributed by atoms with E-state index < -0.39 is 5.97 Å². The van der Waals surface area contributed by atoms with E-state index in [2.05, 4.69) is 9.80 Å². The van der Waals surface area contributed by atoms with Gasteiger partial charge in [-0.25, -0.2) is 4.79 Å². The minimum absolute atomic E-state index is 0.124. The third-order valence-corrected chi connectivity index (χ3v) is 5.54. The monoisotopic (exact) mass is 349 g/mol. The summed E-state index contributed by atoms with van der Waals surface area (Å²) in [4.78, 5) is 20.6. The van der Waals surface area contributed by atoms with E-state index in [0.29, 0.717) is 5.56 Å². The summed E-state index contributed by atoms with van der Waals surface area (Å²) in [7, 11) is 1.74. The van der Waals surface area contributed by atoms with Crippen LogP contribution in [-0.2, 0) is 4.74 Å². The van der Waals surface area contributed by atoms with Gasteiger partial charge in [0.05, 0.1) is 18.2 Å². The summed E-state index contributed by atoms with van der Waals surface area (Å²) in [6.07, 6.45) is 0. The van der Waals surface area contributed by atoms with Crippen molar-refractivity contribution in [2.24, 2.45) is 4.99 Å². The topological polar surface area (TPSA) is 65.4 Å². The lowest BCUT2D eigenvalue weighted by Crippen LogP contribution is -2.48. The van der Waals surface area contributed by atoms with Gasteiger partial charge in [0.1, 0.15) is 0 Å². The fraction of sp³-hybridized carbons (Fsp3) is 0.529. The summed E-state index contributed by atoms with van der Waals surface area (Å²) in [5.74, 6) is 0.0314. The second-order valence-corrected chi connectivity index (χ2v) is 6.97. The molecule has 6 nitrogen and oxygen atoms in total. The quantitative estimate of drug-likeness (QED) is 0.874. The molecule has 0 saturated carbocycles. The molecule has 0 amide bonds. The molecule has 2 aliphatic heterocycles. The number of ether oxygens (including phenoxy) is 1. The van der Waals surface area contributed by atoms with Gasteiger partial charge in [-0.3, -0.25) is 9.89 Å². The first-order valence-corrected chi connectivity index (χ1v) is 9.16. The predicted octanol–water partition coefficient (Wildman–Crippen LogP) is 1.79. The number of benzene rings is 1. The molecular formula is C17H23N3O3S. The lowest BCUT2D eigenvalue weighted by molar-refractivity contribution is 0.0697. The average Bonchev–Trinajstić information content (AvgIpc) is 3.10. The molecule has 0 bridgehead atoms. The number of amidine groups is 1. The van der Waals surface area contributed by atoms with Crippen LogP contribution in [0.25, 0.3) is 0 Å². The summed E-state index contributed by atoms with van der Waals surface area (Å²) in [5, 5.41) is 10.1. The molecule has 0 spiro atoms. The number of rotatable bonds is 5. The van der Waals surface area contributed by atoms with Gasteiger partial charge in [-0.1, -0.05) is 23.9 Å². The van der Waals surface area contributed by atoms with Crippen LogP contribution >= 0.6 is 11.8 Å². The number of hydrogen-bond donors (Lipinski definition) is 1. The Morgan fingerprint density at radius 3 is 2.62 bits per heavy atom. The molecule has 1 aromatic rings. The van der Waals surface area contributed by atoms with Gasteiger partial charge < -0.3 is 14.7 Å².